The molecule has 1 aliphatic rings. The Morgan fingerprint density at radius 2 is 2.08 bits per heavy atom. The van der Waals surface area contributed by atoms with Crippen molar-refractivity contribution < 1.29 is 13.9 Å². The van der Waals surface area contributed by atoms with E-state index in [-0.39, 0.29) is 5.91 Å². The third kappa shape index (κ3) is 4.98. The molecule has 1 aliphatic carbocycles. The Balaban J connectivity index is 1.55. The molecule has 0 atom stereocenters. The van der Waals surface area contributed by atoms with Crippen molar-refractivity contribution in [3.8, 4) is 17.2 Å². The average molecular weight is 361 g/mol. The molecule has 0 saturated heterocycles. The van der Waals surface area contributed by atoms with Crippen LogP contribution < -0.4 is 4.74 Å². The van der Waals surface area contributed by atoms with Gasteiger partial charge in [-0.25, -0.2) is 0 Å². The maximum atomic E-state index is 12.4. The van der Waals surface area contributed by atoms with Crippen LogP contribution in [-0.2, 0) is 4.79 Å². The summed E-state index contributed by atoms with van der Waals surface area (Å²) in [5.74, 6) is 2.39. The van der Waals surface area contributed by atoms with Crippen molar-refractivity contribution >= 4 is 17.7 Å². The van der Waals surface area contributed by atoms with E-state index in [1.54, 1.807) is 7.11 Å². The van der Waals surface area contributed by atoms with Gasteiger partial charge in [-0.2, -0.15) is 0 Å². The third-order valence-corrected chi connectivity index (χ3v) is 4.89. The first kappa shape index (κ1) is 17.8. The highest BCUT2D eigenvalue weighted by molar-refractivity contribution is 7.99. The molecule has 3 rings (SSSR count). The van der Waals surface area contributed by atoms with Gasteiger partial charge in [-0.05, 0) is 49.4 Å². The number of amides is 1. The van der Waals surface area contributed by atoms with Crippen molar-refractivity contribution in [3.05, 3.63) is 24.3 Å². The monoisotopic (exact) mass is 361 g/mol. The van der Waals surface area contributed by atoms with E-state index in [1.807, 2.05) is 29.2 Å². The van der Waals surface area contributed by atoms with E-state index in [0.717, 1.165) is 30.8 Å². The second-order valence-corrected chi connectivity index (χ2v) is 7.10. The van der Waals surface area contributed by atoms with Crippen molar-refractivity contribution in [2.45, 2.75) is 31.4 Å². The number of benzene rings is 1. The number of rotatable bonds is 9. The Morgan fingerprint density at radius 1 is 1.32 bits per heavy atom. The number of nitrogens with zero attached hydrogens (tertiary/aromatic N) is 3. The summed E-state index contributed by atoms with van der Waals surface area (Å²) < 4.78 is 10.8. The molecule has 7 heteroatoms. The first-order chi connectivity index (χ1) is 12.2. The van der Waals surface area contributed by atoms with Crippen LogP contribution in [0, 0.1) is 5.92 Å². The fraction of sp³-hybridized carbons (Fsp3) is 0.500. The van der Waals surface area contributed by atoms with Gasteiger partial charge in [0.15, 0.2) is 0 Å². The molecule has 0 N–H and O–H groups in total. The highest BCUT2D eigenvalue weighted by Gasteiger charge is 2.26. The molecule has 1 heterocycles. The molecule has 2 aromatic rings. The van der Waals surface area contributed by atoms with Gasteiger partial charge in [0.1, 0.15) is 5.75 Å². The summed E-state index contributed by atoms with van der Waals surface area (Å²) in [6.45, 7) is 3.80. The van der Waals surface area contributed by atoms with Crippen molar-refractivity contribution in [2.24, 2.45) is 5.92 Å². The first-order valence-electron chi connectivity index (χ1n) is 8.58. The van der Waals surface area contributed by atoms with E-state index in [2.05, 4.69) is 17.1 Å². The molecule has 0 radical (unpaired) electrons. The molecule has 1 amide bonds. The van der Waals surface area contributed by atoms with E-state index >= 15 is 0 Å². The van der Waals surface area contributed by atoms with Gasteiger partial charge < -0.3 is 14.1 Å². The van der Waals surface area contributed by atoms with Crippen LogP contribution in [0.15, 0.2) is 33.9 Å². The zero-order valence-corrected chi connectivity index (χ0v) is 15.4. The highest BCUT2D eigenvalue weighted by atomic mass is 32.2. The fourth-order valence-corrected chi connectivity index (χ4v) is 3.20. The van der Waals surface area contributed by atoms with Crippen molar-refractivity contribution in [3.63, 3.8) is 0 Å². The first-order valence-corrected chi connectivity index (χ1v) is 9.56. The van der Waals surface area contributed by atoms with Crippen molar-refractivity contribution in [2.75, 3.05) is 26.0 Å². The van der Waals surface area contributed by atoms with Crippen LogP contribution in [-0.4, -0.2) is 47.0 Å². The van der Waals surface area contributed by atoms with Gasteiger partial charge in [-0.15, -0.1) is 10.2 Å². The largest absolute Gasteiger partial charge is 0.497 e. The van der Waals surface area contributed by atoms with Crippen LogP contribution in [0.3, 0.4) is 0 Å². The standard InChI is InChI=1S/C18H23N3O3S/c1-3-10-21(11-13-4-5-13)16(22)12-25-18-20-19-17(24-18)14-6-8-15(23-2)9-7-14/h6-9,13H,3-5,10-12H2,1-2H3. The quantitative estimate of drug-likeness (QED) is 0.637. The normalized spacial score (nSPS) is 13.7. The van der Waals surface area contributed by atoms with Crippen LogP contribution in [0.1, 0.15) is 26.2 Å². The van der Waals surface area contributed by atoms with E-state index in [1.165, 1.54) is 24.6 Å². The van der Waals surface area contributed by atoms with Crippen LogP contribution in [0.25, 0.3) is 11.5 Å². The average Bonchev–Trinajstić information content (AvgIpc) is 3.33. The molecular formula is C18H23N3O3S. The van der Waals surface area contributed by atoms with Gasteiger partial charge in [-0.3, -0.25) is 4.79 Å². The molecule has 1 saturated carbocycles. The Morgan fingerprint density at radius 3 is 2.72 bits per heavy atom. The van der Waals surface area contributed by atoms with Crippen LogP contribution in [0.2, 0.25) is 0 Å². The lowest BCUT2D eigenvalue weighted by Gasteiger charge is -2.21. The SMILES string of the molecule is CCCN(CC1CC1)C(=O)CSc1nnc(-c2ccc(OC)cc2)o1. The number of aromatic nitrogens is 2. The third-order valence-electron chi connectivity index (χ3n) is 4.08. The van der Waals surface area contributed by atoms with Crippen LogP contribution in [0.5, 0.6) is 5.75 Å². The molecule has 0 unspecified atom stereocenters. The number of thioether (sulfide) groups is 1. The summed E-state index contributed by atoms with van der Waals surface area (Å²) in [5.41, 5.74) is 0.827. The Bertz CT molecular complexity index is 698. The number of methoxy groups -OCH3 is 1. The highest BCUT2D eigenvalue weighted by Crippen LogP contribution is 2.30. The van der Waals surface area contributed by atoms with Gasteiger partial charge in [0.2, 0.25) is 11.8 Å². The van der Waals surface area contributed by atoms with E-state index in [0.29, 0.717) is 22.8 Å². The predicted molar refractivity (Wildman–Crippen MR) is 96.6 cm³/mol. The Hall–Kier alpha value is -2.02. The number of carbonyl (C=O) groups is 1. The number of hydrogen-bond acceptors (Lipinski definition) is 6. The fourth-order valence-electron chi connectivity index (χ4n) is 2.53. The molecule has 134 valence electrons. The van der Waals surface area contributed by atoms with Gasteiger partial charge in [0.05, 0.1) is 12.9 Å². The van der Waals surface area contributed by atoms with Gasteiger partial charge in [-0.1, -0.05) is 18.7 Å². The molecule has 25 heavy (non-hydrogen) atoms. The number of ether oxygens (including phenoxy) is 1. The summed E-state index contributed by atoms with van der Waals surface area (Å²) in [6, 6.07) is 7.42. The zero-order chi connectivity index (χ0) is 17.6. The van der Waals surface area contributed by atoms with Crippen LogP contribution in [0.4, 0.5) is 0 Å². The minimum atomic E-state index is 0.142. The second-order valence-electron chi connectivity index (χ2n) is 6.17. The Labute approximate surface area is 151 Å². The Kier molecular flexibility index (Phi) is 5.96. The molecule has 0 spiro atoms. The number of carbonyl (C=O) groups excluding carboxylic acids is 1. The smallest absolute Gasteiger partial charge is 0.277 e. The molecule has 0 aliphatic heterocycles. The lowest BCUT2D eigenvalue weighted by molar-refractivity contribution is -0.128. The minimum absolute atomic E-state index is 0.142. The number of hydrogen-bond donors (Lipinski definition) is 0. The van der Waals surface area contributed by atoms with E-state index in [9.17, 15) is 4.79 Å². The summed E-state index contributed by atoms with van der Waals surface area (Å²) in [5, 5.41) is 8.50. The van der Waals surface area contributed by atoms with Crippen molar-refractivity contribution in [1.82, 2.24) is 15.1 Å². The molecule has 1 aromatic heterocycles. The molecule has 1 fully saturated rings. The van der Waals surface area contributed by atoms with E-state index < -0.39 is 0 Å². The van der Waals surface area contributed by atoms with Gasteiger partial charge >= 0.3 is 0 Å². The maximum Gasteiger partial charge on any atom is 0.277 e. The van der Waals surface area contributed by atoms with E-state index in [4.69, 9.17) is 9.15 Å². The summed E-state index contributed by atoms with van der Waals surface area (Å²) >= 11 is 1.30. The predicted octanol–water partition coefficient (Wildman–Crippen LogP) is 3.49. The zero-order valence-electron chi connectivity index (χ0n) is 14.6. The molecule has 0 bridgehead atoms. The lowest BCUT2D eigenvalue weighted by Crippen LogP contribution is -2.34. The molecular weight excluding hydrogens is 338 g/mol. The second kappa shape index (κ2) is 8.38. The molecule has 1 aromatic carbocycles. The summed E-state index contributed by atoms with van der Waals surface area (Å²) in [7, 11) is 1.62. The maximum absolute atomic E-state index is 12.4. The summed E-state index contributed by atoms with van der Waals surface area (Å²) in [6.07, 6.45) is 3.47. The lowest BCUT2D eigenvalue weighted by atomic mass is 10.2. The van der Waals surface area contributed by atoms with Crippen LogP contribution >= 0.6 is 11.8 Å². The van der Waals surface area contributed by atoms with Gasteiger partial charge in [0, 0.05) is 18.7 Å². The topological polar surface area (TPSA) is 68.5 Å². The van der Waals surface area contributed by atoms with Gasteiger partial charge in [0.25, 0.3) is 5.22 Å². The molecule has 6 nitrogen and oxygen atoms in total. The summed E-state index contributed by atoms with van der Waals surface area (Å²) in [4.78, 5) is 14.4. The minimum Gasteiger partial charge on any atom is -0.497 e. The van der Waals surface area contributed by atoms with Crippen molar-refractivity contribution in [1.29, 1.82) is 0 Å².